The number of amides is 2. The van der Waals surface area contributed by atoms with Crippen LogP contribution in [0.2, 0.25) is 0 Å². The minimum Gasteiger partial charge on any atom is -0.481 e. The average molecular weight is 285 g/mol. The molecule has 1 aromatic heterocycles. The molecule has 7 heteroatoms. The maximum Gasteiger partial charge on any atom is 0.315 e. The summed E-state index contributed by atoms with van der Waals surface area (Å²) in [6, 6.07) is -0.811. The lowest BCUT2D eigenvalue weighted by molar-refractivity contribution is -0.141. The maximum absolute atomic E-state index is 11.6. The molecule has 0 bridgehead atoms. The largest absolute Gasteiger partial charge is 0.481 e. The van der Waals surface area contributed by atoms with Gasteiger partial charge in [-0.25, -0.2) is 9.78 Å². The Bertz CT molecular complexity index is 447. The lowest BCUT2D eigenvalue weighted by atomic mass is 10.0. The number of rotatable bonds is 6. The summed E-state index contributed by atoms with van der Waals surface area (Å²) in [5.41, 5.74) is 0. The van der Waals surface area contributed by atoms with Gasteiger partial charge in [0.05, 0.1) is 12.5 Å². The van der Waals surface area contributed by atoms with Gasteiger partial charge in [-0.2, -0.15) is 0 Å². The molecule has 0 saturated carbocycles. The molecule has 1 aromatic rings. The summed E-state index contributed by atoms with van der Waals surface area (Å²) in [4.78, 5) is 27.7. The Hall–Kier alpha value is -1.63. The monoisotopic (exact) mass is 285 g/mol. The number of carboxylic acids is 1. The van der Waals surface area contributed by atoms with E-state index < -0.39 is 17.9 Å². The van der Waals surface area contributed by atoms with Crippen molar-refractivity contribution in [3.63, 3.8) is 0 Å². The highest BCUT2D eigenvalue weighted by Gasteiger charge is 2.20. The summed E-state index contributed by atoms with van der Waals surface area (Å²) in [6.45, 7) is 5.62. The number of nitrogens with zero attached hydrogens (tertiary/aromatic N) is 1. The molecule has 6 nitrogen and oxygen atoms in total. The van der Waals surface area contributed by atoms with Crippen molar-refractivity contribution in [3.8, 4) is 0 Å². The van der Waals surface area contributed by atoms with Gasteiger partial charge in [-0.15, -0.1) is 11.3 Å². The molecule has 1 rings (SSSR count). The summed E-state index contributed by atoms with van der Waals surface area (Å²) >= 11 is 1.56. The van der Waals surface area contributed by atoms with E-state index in [0.29, 0.717) is 6.54 Å². The van der Waals surface area contributed by atoms with Crippen LogP contribution in [0, 0.1) is 5.92 Å². The Morgan fingerprint density at radius 2 is 2.16 bits per heavy atom. The fourth-order valence-corrected chi connectivity index (χ4v) is 2.15. The molecule has 0 saturated heterocycles. The summed E-state index contributed by atoms with van der Waals surface area (Å²) in [5, 5.41) is 14.9. The summed E-state index contributed by atoms with van der Waals surface area (Å²) in [6.07, 6.45) is 2.73. The number of carbonyl (C=O) groups excluding carboxylic acids is 1. The third kappa shape index (κ3) is 4.86. The zero-order valence-corrected chi connectivity index (χ0v) is 12.1. The fraction of sp³-hybridized carbons (Fsp3) is 0.583. The highest BCUT2D eigenvalue weighted by Crippen LogP contribution is 2.12. The van der Waals surface area contributed by atoms with Crippen LogP contribution in [0.4, 0.5) is 4.79 Å². The van der Waals surface area contributed by atoms with Gasteiger partial charge < -0.3 is 15.7 Å². The Kier molecular flexibility index (Phi) is 5.75. The molecule has 0 spiro atoms. The topological polar surface area (TPSA) is 91.3 Å². The summed E-state index contributed by atoms with van der Waals surface area (Å²) in [7, 11) is 0. The van der Waals surface area contributed by atoms with E-state index in [9.17, 15) is 9.59 Å². The third-order valence-corrected chi connectivity index (χ3v) is 3.99. The van der Waals surface area contributed by atoms with Crippen LogP contribution in [0.1, 0.15) is 30.7 Å². The predicted octanol–water partition coefficient (Wildman–Crippen LogP) is 1.61. The van der Waals surface area contributed by atoms with Crippen molar-refractivity contribution in [1.29, 1.82) is 0 Å². The van der Waals surface area contributed by atoms with E-state index in [1.807, 2.05) is 6.92 Å². The molecule has 0 aliphatic heterocycles. The van der Waals surface area contributed by atoms with Gasteiger partial charge in [0.2, 0.25) is 0 Å². The standard InChI is InChI=1S/C12H19N3O3S/c1-4-9-5-13-10(19-9)6-14-12(18)15-8(3)7(2)11(16)17/h5,7-8H,4,6H2,1-3H3,(H,16,17)(H2,14,15,18). The molecular weight excluding hydrogens is 266 g/mol. The van der Waals surface area contributed by atoms with Gasteiger partial charge >= 0.3 is 12.0 Å². The SMILES string of the molecule is CCc1cnc(CNC(=O)NC(C)C(C)C(=O)O)s1. The van der Waals surface area contributed by atoms with Crippen molar-refractivity contribution < 1.29 is 14.7 Å². The third-order valence-electron chi connectivity index (χ3n) is 2.85. The number of thiazole rings is 1. The minimum atomic E-state index is -0.930. The van der Waals surface area contributed by atoms with Crippen molar-refractivity contribution >= 4 is 23.3 Å². The lowest BCUT2D eigenvalue weighted by Gasteiger charge is -2.17. The first-order chi connectivity index (χ1) is 8.93. The molecule has 19 heavy (non-hydrogen) atoms. The molecule has 106 valence electrons. The van der Waals surface area contributed by atoms with Gasteiger partial charge in [-0.3, -0.25) is 4.79 Å². The van der Waals surface area contributed by atoms with Crippen molar-refractivity contribution in [2.24, 2.45) is 5.92 Å². The number of urea groups is 1. The average Bonchev–Trinajstić information content (AvgIpc) is 2.83. The van der Waals surface area contributed by atoms with E-state index in [1.165, 1.54) is 4.88 Å². The number of carboxylic acid groups (broad SMARTS) is 1. The maximum atomic E-state index is 11.6. The van der Waals surface area contributed by atoms with Crippen LogP contribution in [0.15, 0.2) is 6.20 Å². The molecular formula is C12H19N3O3S. The number of hydrogen-bond donors (Lipinski definition) is 3. The fourth-order valence-electron chi connectivity index (χ4n) is 1.35. The normalized spacial score (nSPS) is 13.6. The van der Waals surface area contributed by atoms with Gasteiger partial charge in [0, 0.05) is 17.1 Å². The number of carbonyl (C=O) groups is 2. The Morgan fingerprint density at radius 3 is 2.68 bits per heavy atom. The molecule has 0 radical (unpaired) electrons. The van der Waals surface area contributed by atoms with E-state index in [4.69, 9.17) is 5.11 Å². The zero-order chi connectivity index (χ0) is 14.4. The number of hydrogen-bond acceptors (Lipinski definition) is 4. The highest BCUT2D eigenvalue weighted by molar-refractivity contribution is 7.11. The quantitative estimate of drug-likeness (QED) is 0.740. The molecule has 1 heterocycles. The second-order valence-electron chi connectivity index (χ2n) is 4.32. The molecule has 0 aromatic carbocycles. The van der Waals surface area contributed by atoms with E-state index in [1.54, 1.807) is 31.4 Å². The first kappa shape index (κ1) is 15.4. The Morgan fingerprint density at radius 1 is 1.47 bits per heavy atom. The predicted molar refractivity (Wildman–Crippen MR) is 73.1 cm³/mol. The van der Waals surface area contributed by atoms with Crippen LogP contribution in [0.25, 0.3) is 0 Å². The number of nitrogens with one attached hydrogen (secondary N) is 2. The van der Waals surface area contributed by atoms with Crippen LogP contribution in [0.3, 0.4) is 0 Å². The highest BCUT2D eigenvalue weighted by atomic mass is 32.1. The number of aromatic nitrogens is 1. The van der Waals surface area contributed by atoms with E-state index >= 15 is 0 Å². The molecule has 2 unspecified atom stereocenters. The second-order valence-corrected chi connectivity index (χ2v) is 5.52. The van der Waals surface area contributed by atoms with Gasteiger partial charge in [-0.05, 0) is 20.3 Å². The van der Waals surface area contributed by atoms with Crippen molar-refractivity contribution in [2.75, 3.05) is 0 Å². The molecule has 0 aliphatic rings. The molecule has 2 amide bonds. The van der Waals surface area contributed by atoms with E-state index in [0.717, 1.165) is 11.4 Å². The molecule has 2 atom stereocenters. The van der Waals surface area contributed by atoms with Gasteiger partial charge in [0.1, 0.15) is 5.01 Å². The second kappa shape index (κ2) is 7.08. The lowest BCUT2D eigenvalue weighted by Crippen LogP contribution is -2.44. The van der Waals surface area contributed by atoms with Gasteiger partial charge in [0.15, 0.2) is 0 Å². The molecule has 0 fully saturated rings. The molecule has 3 N–H and O–H groups in total. The first-order valence-electron chi connectivity index (χ1n) is 6.14. The number of aryl methyl sites for hydroxylation is 1. The van der Waals surface area contributed by atoms with E-state index in [2.05, 4.69) is 15.6 Å². The van der Waals surface area contributed by atoms with Crippen LogP contribution in [-0.2, 0) is 17.8 Å². The van der Waals surface area contributed by atoms with Crippen LogP contribution >= 0.6 is 11.3 Å². The summed E-state index contributed by atoms with van der Waals surface area (Å²) < 4.78 is 0. The summed E-state index contributed by atoms with van der Waals surface area (Å²) in [5.74, 6) is -1.56. The van der Waals surface area contributed by atoms with Crippen molar-refractivity contribution in [3.05, 3.63) is 16.1 Å². The van der Waals surface area contributed by atoms with Crippen LogP contribution < -0.4 is 10.6 Å². The Labute approximate surface area is 116 Å². The zero-order valence-electron chi connectivity index (χ0n) is 11.3. The number of aliphatic carboxylic acids is 1. The smallest absolute Gasteiger partial charge is 0.315 e. The van der Waals surface area contributed by atoms with E-state index in [-0.39, 0.29) is 6.03 Å². The van der Waals surface area contributed by atoms with Gasteiger partial charge in [0.25, 0.3) is 0 Å². The van der Waals surface area contributed by atoms with Crippen molar-refractivity contribution in [1.82, 2.24) is 15.6 Å². The van der Waals surface area contributed by atoms with Crippen LogP contribution in [0.5, 0.6) is 0 Å². The van der Waals surface area contributed by atoms with Crippen LogP contribution in [-0.4, -0.2) is 28.1 Å². The van der Waals surface area contributed by atoms with Crippen molar-refractivity contribution in [2.45, 2.75) is 39.8 Å². The molecule has 0 aliphatic carbocycles. The Balaban J connectivity index is 2.37. The minimum absolute atomic E-state index is 0.352. The first-order valence-corrected chi connectivity index (χ1v) is 6.96. The van der Waals surface area contributed by atoms with Gasteiger partial charge in [-0.1, -0.05) is 6.92 Å².